The molecular weight excluding hydrogens is 232 g/mol. The van der Waals surface area contributed by atoms with Crippen LogP contribution in [0.15, 0.2) is 24.9 Å². The maximum atomic E-state index is 6.18. The van der Waals surface area contributed by atoms with Gasteiger partial charge in [0, 0.05) is 28.0 Å². The van der Waals surface area contributed by atoms with Crippen molar-refractivity contribution in [1.82, 2.24) is 4.98 Å². The second-order valence-electron chi connectivity index (χ2n) is 4.70. The number of aryl methyl sites for hydroxylation is 1. The van der Waals surface area contributed by atoms with Gasteiger partial charge in [0.1, 0.15) is 0 Å². The number of rotatable bonds is 3. The van der Waals surface area contributed by atoms with Crippen molar-refractivity contribution in [1.29, 1.82) is 0 Å². The van der Waals surface area contributed by atoms with Gasteiger partial charge in [0.25, 0.3) is 0 Å². The summed E-state index contributed by atoms with van der Waals surface area (Å²) in [5.41, 5.74) is 9.57. The van der Waals surface area contributed by atoms with Gasteiger partial charge in [0.05, 0.1) is 0 Å². The van der Waals surface area contributed by atoms with E-state index in [-0.39, 0.29) is 0 Å². The van der Waals surface area contributed by atoms with E-state index in [2.05, 4.69) is 11.6 Å². The highest BCUT2D eigenvalue weighted by Gasteiger charge is 2.21. The molecule has 0 aliphatic heterocycles. The average molecular weight is 251 g/mol. The number of aromatic nitrogens is 1. The molecule has 0 saturated heterocycles. The minimum absolute atomic E-state index is 0.427. The topological polar surface area (TPSA) is 38.9 Å². The van der Waals surface area contributed by atoms with Crippen LogP contribution in [-0.4, -0.2) is 10.5 Å². The number of nitrogens with two attached hydrogens (primary N) is 1. The van der Waals surface area contributed by atoms with Crippen molar-refractivity contribution in [2.24, 2.45) is 5.73 Å². The van der Waals surface area contributed by atoms with E-state index in [9.17, 15) is 0 Å². The zero-order valence-corrected chi connectivity index (χ0v) is 11.6. The maximum absolute atomic E-state index is 6.18. The van der Waals surface area contributed by atoms with Crippen LogP contribution in [0.1, 0.15) is 37.6 Å². The van der Waals surface area contributed by atoms with E-state index in [0.29, 0.717) is 5.03 Å². The Morgan fingerprint density at radius 2 is 2.06 bits per heavy atom. The van der Waals surface area contributed by atoms with Crippen molar-refractivity contribution >= 4 is 22.2 Å². The number of halogens is 1. The quantitative estimate of drug-likeness (QED) is 0.888. The Morgan fingerprint density at radius 3 is 2.47 bits per heavy atom. The van der Waals surface area contributed by atoms with Crippen LogP contribution in [-0.2, 0) is 0 Å². The summed E-state index contributed by atoms with van der Waals surface area (Å²) in [7, 11) is 0. The summed E-state index contributed by atoms with van der Waals surface area (Å²) < 4.78 is 0. The fraction of sp³-hybridized carbons (Fsp3) is 0.357. The van der Waals surface area contributed by atoms with E-state index < -0.39 is 5.54 Å². The molecule has 0 saturated carbocycles. The molecule has 0 atom stereocenters. The molecular formula is C14H19ClN2. The standard InChI is InChI=1S/C14H19ClN2/c1-6-13(14(4,5)16)11-7-9(2)17-8-12(11)10(3)15/h6-8H,3,16H2,1-2,4-5H3/b13-6+. The summed E-state index contributed by atoms with van der Waals surface area (Å²) in [6, 6.07) is 1.99. The van der Waals surface area contributed by atoms with Crippen molar-refractivity contribution in [3.63, 3.8) is 0 Å². The zero-order valence-electron chi connectivity index (χ0n) is 10.8. The molecule has 2 nitrogen and oxygen atoms in total. The molecule has 0 unspecified atom stereocenters. The summed E-state index contributed by atoms with van der Waals surface area (Å²) in [6.45, 7) is 11.6. The monoisotopic (exact) mass is 250 g/mol. The predicted octanol–water partition coefficient (Wildman–Crippen LogP) is 3.74. The lowest BCUT2D eigenvalue weighted by Gasteiger charge is -2.25. The largest absolute Gasteiger partial charge is 0.322 e. The molecule has 1 heterocycles. The van der Waals surface area contributed by atoms with Crippen LogP contribution in [0, 0.1) is 6.92 Å². The first-order chi connectivity index (χ1) is 7.77. The third kappa shape index (κ3) is 3.18. The van der Waals surface area contributed by atoms with Crippen LogP contribution in [0.25, 0.3) is 10.6 Å². The van der Waals surface area contributed by atoms with Gasteiger partial charge in [-0.1, -0.05) is 24.3 Å². The third-order valence-electron chi connectivity index (χ3n) is 2.61. The van der Waals surface area contributed by atoms with Crippen molar-refractivity contribution in [2.75, 3.05) is 0 Å². The zero-order chi connectivity index (χ0) is 13.2. The Bertz CT molecular complexity index is 468. The van der Waals surface area contributed by atoms with Crippen molar-refractivity contribution in [3.8, 4) is 0 Å². The van der Waals surface area contributed by atoms with Gasteiger partial charge in [-0.05, 0) is 44.9 Å². The Balaban J connectivity index is 3.48. The minimum atomic E-state index is -0.427. The molecule has 2 N–H and O–H groups in total. The highest BCUT2D eigenvalue weighted by Crippen LogP contribution is 2.32. The molecule has 1 aromatic heterocycles. The lowest BCUT2D eigenvalue weighted by molar-refractivity contribution is 0.674. The first-order valence-electron chi connectivity index (χ1n) is 5.55. The molecule has 3 heteroatoms. The van der Waals surface area contributed by atoms with E-state index in [1.807, 2.05) is 39.8 Å². The van der Waals surface area contributed by atoms with Crippen molar-refractivity contribution in [2.45, 2.75) is 33.2 Å². The highest BCUT2D eigenvalue weighted by molar-refractivity contribution is 6.48. The van der Waals surface area contributed by atoms with Crippen LogP contribution < -0.4 is 5.73 Å². The van der Waals surface area contributed by atoms with Gasteiger partial charge in [-0.15, -0.1) is 0 Å². The molecule has 0 aliphatic rings. The number of hydrogen-bond acceptors (Lipinski definition) is 2. The smallest absolute Gasteiger partial charge is 0.0428 e. The fourth-order valence-corrected chi connectivity index (χ4v) is 2.02. The fourth-order valence-electron chi connectivity index (χ4n) is 1.87. The Labute approximate surface area is 108 Å². The van der Waals surface area contributed by atoms with Gasteiger partial charge in [0.2, 0.25) is 0 Å². The Morgan fingerprint density at radius 1 is 1.47 bits per heavy atom. The van der Waals surface area contributed by atoms with Crippen LogP contribution in [0.3, 0.4) is 0 Å². The average Bonchev–Trinajstić information content (AvgIpc) is 2.15. The van der Waals surface area contributed by atoms with Crippen LogP contribution in [0.2, 0.25) is 0 Å². The molecule has 0 radical (unpaired) electrons. The molecule has 1 aromatic rings. The molecule has 17 heavy (non-hydrogen) atoms. The van der Waals surface area contributed by atoms with Crippen LogP contribution >= 0.6 is 11.6 Å². The molecule has 0 aromatic carbocycles. The van der Waals surface area contributed by atoms with Crippen molar-refractivity contribution < 1.29 is 0 Å². The molecule has 92 valence electrons. The lowest BCUT2D eigenvalue weighted by atomic mass is 9.86. The van der Waals surface area contributed by atoms with E-state index in [0.717, 1.165) is 22.4 Å². The second-order valence-corrected chi connectivity index (χ2v) is 5.16. The highest BCUT2D eigenvalue weighted by atomic mass is 35.5. The van der Waals surface area contributed by atoms with Gasteiger partial charge in [-0.25, -0.2) is 0 Å². The number of allylic oxidation sites excluding steroid dienone is 1. The molecule has 1 rings (SSSR count). The van der Waals surface area contributed by atoms with E-state index >= 15 is 0 Å². The Kier molecular flexibility index (Phi) is 4.12. The van der Waals surface area contributed by atoms with Gasteiger partial charge in [-0.2, -0.15) is 0 Å². The molecule has 0 spiro atoms. The predicted molar refractivity (Wildman–Crippen MR) is 75.8 cm³/mol. The van der Waals surface area contributed by atoms with E-state index in [1.54, 1.807) is 6.20 Å². The molecule has 0 aliphatic carbocycles. The third-order valence-corrected chi connectivity index (χ3v) is 2.81. The summed E-state index contributed by atoms with van der Waals surface area (Å²) in [4.78, 5) is 4.25. The second kappa shape index (κ2) is 5.03. The molecule has 0 bridgehead atoms. The lowest BCUT2D eigenvalue weighted by Crippen LogP contribution is -2.33. The van der Waals surface area contributed by atoms with Gasteiger partial charge < -0.3 is 5.73 Å². The summed E-state index contributed by atoms with van der Waals surface area (Å²) in [5, 5.41) is 0.483. The first kappa shape index (κ1) is 13.9. The summed E-state index contributed by atoms with van der Waals surface area (Å²) >= 11 is 6.01. The number of hydrogen-bond donors (Lipinski definition) is 1. The van der Waals surface area contributed by atoms with Crippen LogP contribution in [0.5, 0.6) is 0 Å². The normalized spacial score (nSPS) is 12.7. The van der Waals surface area contributed by atoms with Gasteiger partial charge in [-0.3, -0.25) is 4.98 Å². The minimum Gasteiger partial charge on any atom is -0.322 e. The van der Waals surface area contributed by atoms with E-state index in [4.69, 9.17) is 17.3 Å². The maximum Gasteiger partial charge on any atom is 0.0428 e. The Hall–Kier alpha value is -1.12. The molecule has 0 fully saturated rings. The summed E-state index contributed by atoms with van der Waals surface area (Å²) in [5.74, 6) is 0. The van der Waals surface area contributed by atoms with Gasteiger partial charge in [0.15, 0.2) is 0 Å². The number of pyridine rings is 1. The number of nitrogens with zero attached hydrogens (tertiary/aromatic N) is 1. The van der Waals surface area contributed by atoms with Crippen LogP contribution in [0.4, 0.5) is 0 Å². The van der Waals surface area contributed by atoms with Gasteiger partial charge >= 0.3 is 0 Å². The van der Waals surface area contributed by atoms with E-state index in [1.165, 1.54) is 0 Å². The molecule has 0 amide bonds. The first-order valence-corrected chi connectivity index (χ1v) is 5.92. The summed E-state index contributed by atoms with van der Waals surface area (Å²) in [6.07, 6.45) is 3.76. The SMILES string of the molecule is C=C(Cl)c1cnc(C)cc1/C(=C\C)C(C)(C)N. The van der Waals surface area contributed by atoms with Crippen molar-refractivity contribution in [3.05, 3.63) is 41.7 Å².